The van der Waals surface area contributed by atoms with Crippen LogP contribution in [0.1, 0.15) is 53.9 Å². The lowest BCUT2D eigenvalue weighted by Gasteiger charge is -2.29. The number of aliphatic carboxylic acids is 1. The first-order valence-corrected chi connectivity index (χ1v) is 6.84. The van der Waals surface area contributed by atoms with Crippen molar-refractivity contribution in [2.24, 2.45) is 11.8 Å². The Morgan fingerprint density at radius 2 is 1.67 bits per heavy atom. The van der Waals surface area contributed by atoms with E-state index in [1.807, 2.05) is 13.8 Å². The Morgan fingerprint density at radius 3 is 2.00 bits per heavy atom. The zero-order chi connectivity index (χ0) is 14.3. The molecular formula is C14H27NO3. The molecule has 1 amide bonds. The van der Waals surface area contributed by atoms with Crippen molar-refractivity contribution < 1.29 is 14.7 Å². The van der Waals surface area contributed by atoms with Gasteiger partial charge < -0.3 is 10.0 Å². The maximum atomic E-state index is 12.2. The highest BCUT2D eigenvalue weighted by Crippen LogP contribution is 2.21. The predicted molar refractivity (Wildman–Crippen MR) is 72.3 cm³/mol. The van der Waals surface area contributed by atoms with Crippen LogP contribution in [0.3, 0.4) is 0 Å². The van der Waals surface area contributed by atoms with Crippen molar-refractivity contribution in [3.63, 3.8) is 0 Å². The molecule has 1 N–H and O–H groups in total. The van der Waals surface area contributed by atoms with Crippen LogP contribution in [0.4, 0.5) is 0 Å². The Bertz CT molecular complexity index is 276. The predicted octanol–water partition coefficient (Wildman–Crippen LogP) is 2.77. The topological polar surface area (TPSA) is 57.6 Å². The SMILES string of the molecule is CCC(CC(=O)N(CC(=O)O)C(C)CC)C(C)C. The molecular weight excluding hydrogens is 230 g/mol. The molecule has 4 nitrogen and oxygen atoms in total. The fourth-order valence-electron chi connectivity index (χ4n) is 2.05. The van der Waals surface area contributed by atoms with Gasteiger partial charge in [-0.25, -0.2) is 0 Å². The Morgan fingerprint density at radius 1 is 1.11 bits per heavy atom. The minimum absolute atomic E-state index is 0.0155. The van der Waals surface area contributed by atoms with Crippen LogP contribution in [0.5, 0.6) is 0 Å². The lowest BCUT2D eigenvalue weighted by atomic mass is 9.89. The molecule has 0 saturated heterocycles. The Labute approximate surface area is 110 Å². The maximum Gasteiger partial charge on any atom is 0.323 e. The number of rotatable bonds is 8. The number of carbonyl (C=O) groups is 2. The first kappa shape index (κ1) is 16.9. The molecule has 0 saturated carbocycles. The number of amides is 1. The molecule has 0 aliphatic carbocycles. The zero-order valence-electron chi connectivity index (χ0n) is 12.3. The molecule has 4 heteroatoms. The third-order valence-corrected chi connectivity index (χ3v) is 3.65. The van der Waals surface area contributed by atoms with Crippen molar-refractivity contribution in [2.45, 2.75) is 59.9 Å². The lowest BCUT2D eigenvalue weighted by Crippen LogP contribution is -2.42. The summed E-state index contributed by atoms with van der Waals surface area (Å²) in [6, 6.07) is -0.0155. The minimum atomic E-state index is -0.943. The number of carbonyl (C=O) groups excluding carboxylic acids is 1. The van der Waals surface area contributed by atoms with E-state index in [4.69, 9.17) is 5.11 Å². The molecule has 0 spiro atoms. The fraction of sp³-hybridized carbons (Fsp3) is 0.857. The smallest absolute Gasteiger partial charge is 0.323 e. The van der Waals surface area contributed by atoms with Gasteiger partial charge in [-0.05, 0) is 25.2 Å². The van der Waals surface area contributed by atoms with Crippen LogP contribution < -0.4 is 0 Å². The number of hydrogen-bond donors (Lipinski definition) is 1. The fourth-order valence-corrected chi connectivity index (χ4v) is 2.05. The summed E-state index contributed by atoms with van der Waals surface area (Å²) in [5, 5.41) is 8.88. The summed E-state index contributed by atoms with van der Waals surface area (Å²) in [4.78, 5) is 24.5. The van der Waals surface area contributed by atoms with Gasteiger partial charge in [0.25, 0.3) is 0 Å². The quantitative estimate of drug-likeness (QED) is 0.727. The Hall–Kier alpha value is -1.06. The molecule has 0 heterocycles. The van der Waals surface area contributed by atoms with E-state index in [1.54, 1.807) is 0 Å². The van der Waals surface area contributed by atoms with Crippen LogP contribution >= 0.6 is 0 Å². The summed E-state index contributed by atoms with van der Waals surface area (Å²) >= 11 is 0. The average molecular weight is 257 g/mol. The van der Waals surface area contributed by atoms with Gasteiger partial charge in [0.1, 0.15) is 6.54 Å². The van der Waals surface area contributed by atoms with Gasteiger partial charge in [-0.1, -0.05) is 34.1 Å². The molecule has 0 aromatic rings. The van der Waals surface area contributed by atoms with E-state index in [1.165, 1.54) is 4.90 Å². The molecule has 0 aliphatic rings. The van der Waals surface area contributed by atoms with Crippen LogP contribution in [0.25, 0.3) is 0 Å². The molecule has 0 aromatic heterocycles. The third kappa shape index (κ3) is 5.52. The van der Waals surface area contributed by atoms with Crippen molar-refractivity contribution in [3.8, 4) is 0 Å². The van der Waals surface area contributed by atoms with Gasteiger partial charge in [0.15, 0.2) is 0 Å². The summed E-state index contributed by atoms with van der Waals surface area (Å²) in [5.41, 5.74) is 0. The second kappa shape index (κ2) is 8.11. The van der Waals surface area contributed by atoms with Crippen molar-refractivity contribution in [1.82, 2.24) is 4.90 Å². The molecule has 0 fully saturated rings. The number of nitrogens with zero attached hydrogens (tertiary/aromatic N) is 1. The van der Waals surface area contributed by atoms with E-state index >= 15 is 0 Å². The molecule has 0 aromatic carbocycles. The van der Waals surface area contributed by atoms with Gasteiger partial charge >= 0.3 is 5.97 Å². The normalized spacial score (nSPS) is 14.3. The van der Waals surface area contributed by atoms with E-state index in [0.717, 1.165) is 12.8 Å². The Balaban J connectivity index is 4.69. The standard InChI is InChI=1S/C14H27NO3/c1-6-11(5)15(9-14(17)18)13(16)8-12(7-2)10(3)4/h10-12H,6-9H2,1-5H3,(H,17,18). The molecule has 0 rings (SSSR count). The highest BCUT2D eigenvalue weighted by Gasteiger charge is 2.24. The van der Waals surface area contributed by atoms with E-state index in [2.05, 4.69) is 20.8 Å². The molecule has 2 unspecified atom stereocenters. The number of hydrogen-bond acceptors (Lipinski definition) is 2. The van der Waals surface area contributed by atoms with Gasteiger partial charge in [0, 0.05) is 12.5 Å². The highest BCUT2D eigenvalue weighted by molar-refractivity contribution is 5.81. The number of carboxylic acid groups (broad SMARTS) is 1. The summed E-state index contributed by atoms with van der Waals surface area (Å²) in [5.74, 6) is -0.200. The van der Waals surface area contributed by atoms with Crippen molar-refractivity contribution >= 4 is 11.9 Å². The molecule has 0 aliphatic heterocycles. The van der Waals surface area contributed by atoms with Gasteiger partial charge in [-0.2, -0.15) is 0 Å². The molecule has 0 bridgehead atoms. The maximum absolute atomic E-state index is 12.2. The molecule has 18 heavy (non-hydrogen) atoms. The van der Waals surface area contributed by atoms with Crippen molar-refractivity contribution in [1.29, 1.82) is 0 Å². The van der Waals surface area contributed by atoms with Gasteiger partial charge in [0.2, 0.25) is 5.91 Å². The minimum Gasteiger partial charge on any atom is -0.480 e. The summed E-state index contributed by atoms with van der Waals surface area (Å²) in [6.07, 6.45) is 2.17. The molecule has 2 atom stereocenters. The summed E-state index contributed by atoms with van der Waals surface area (Å²) in [6.45, 7) is 9.95. The zero-order valence-corrected chi connectivity index (χ0v) is 12.3. The second-order valence-corrected chi connectivity index (χ2v) is 5.29. The lowest BCUT2D eigenvalue weighted by molar-refractivity contribution is -0.146. The molecule has 0 radical (unpaired) electrons. The van der Waals surface area contributed by atoms with Crippen molar-refractivity contribution in [3.05, 3.63) is 0 Å². The van der Waals surface area contributed by atoms with E-state index in [-0.39, 0.29) is 18.5 Å². The number of carboxylic acids is 1. The van der Waals surface area contributed by atoms with Crippen LogP contribution in [0.15, 0.2) is 0 Å². The first-order chi connectivity index (χ1) is 8.33. The monoisotopic (exact) mass is 257 g/mol. The van der Waals surface area contributed by atoms with Gasteiger partial charge in [-0.3, -0.25) is 9.59 Å². The largest absolute Gasteiger partial charge is 0.480 e. The van der Waals surface area contributed by atoms with E-state index < -0.39 is 5.97 Å². The van der Waals surface area contributed by atoms with Crippen LogP contribution in [-0.4, -0.2) is 34.5 Å². The van der Waals surface area contributed by atoms with Gasteiger partial charge in [0.05, 0.1) is 0 Å². The third-order valence-electron chi connectivity index (χ3n) is 3.65. The first-order valence-electron chi connectivity index (χ1n) is 6.84. The average Bonchev–Trinajstić information content (AvgIpc) is 2.30. The van der Waals surface area contributed by atoms with Gasteiger partial charge in [-0.15, -0.1) is 0 Å². The van der Waals surface area contributed by atoms with E-state index in [0.29, 0.717) is 18.3 Å². The highest BCUT2D eigenvalue weighted by atomic mass is 16.4. The summed E-state index contributed by atoms with van der Waals surface area (Å²) < 4.78 is 0. The molecule has 106 valence electrons. The summed E-state index contributed by atoms with van der Waals surface area (Å²) in [7, 11) is 0. The van der Waals surface area contributed by atoms with Crippen LogP contribution in [-0.2, 0) is 9.59 Å². The van der Waals surface area contributed by atoms with Crippen molar-refractivity contribution in [2.75, 3.05) is 6.54 Å². The van der Waals surface area contributed by atoms with E-state index in [9.17, 15) is 9.59 Å². The van der Waals surface area contributed by atoms with Crippen LogP contribution in [0, 0.1) is 11.8 Å². The second-order valence-electron chi connectivity index (χ2n) is 5.29. The Kier molecular flexibility index (Phi) is 7.64. The van der Waals surface area contributed by atoms with Crippen LogP contribution in [0.2, 0.25) is 0 Å².